The van der Waals surface area contributed by atoms with Crippen molar-refractivity contribution in [3.63, 3.8) is 0 Å². The van der Waals surface area contributed by atoms with E-state index in [1.54, 1.807) is 0 Å². The first-order valence-corrected chi connectivity index (χ1v) is 11.9. The number of hydrogen-bond donors (Lipinski definition) is 1. The van der Waals surface area contributed by atoms with Crippen molar-refractivity contribution in [3.8, 4) is 17.0 Å². The zero-order valence-corrected chi connectivity index (χ0v) is 19.9. The van der Waals surface area contributed by atoms with Gasteiger partial charge in [-0.15, -0.1) is 0 Å². The predicted octanol–water partition coefficient (Wildman–Crippen LogP) is 5.90. The van der Waals surface area contributed by atoms with E-state index in [9.17, 15) is 4.79 Å². The van der Waals surface area contributed by atoms with Crippen molar-refractivity contribution in [2.24, 2.45) is 5.92 Å². The van der Waals surface area contributed by atoms with E-state index in [2.05, 4.69) is 35.9 Å². The van der Waals surface area contributed by atoms with E-state index in [4.69, 9.17) is 9.72 Å². The number of benzene rings is 2. The summed E-state index contributed by atoms with van der Waals surface area (Å²) in [4.78, 5) is 19.4. The van der Waals surface area contributed by atoms with Crippen LogP contribution >= 0.6 is 0 Å². The highest BCUT2D eigenvalue weighted by atomic mass is 16.5. The molecule has 1 aliphatic heterocycles. The lowest BCUT2D eigenvalue weighted by Gasteiger charge is -2.30. The number of ether oxygens (including phenoxy) is 1. The SMILES string of the molecule is Cc1nc(-c2ccccc2)c(C)n1CCCOc1ccccc1NC(=O)N1CCC(C)CC1. The Morgan fingerprint density at radius 3 is 2.52 bits per heavy atom. The number of rotatable bonds is 7. The van der Waals surface area contributed by atoms with Crippen LogP contribution in [0.2, 0.25) is 0 Å². The first-order valence-electron chi connectivity index (χ1n) is 11.9. The normalized spacial score (nSPS) is 14.3. The van der Waals surface area contributed by atoms with Gasteiger partial charge in [0, 0.05) is 30.9 Å². The standard InChI is InChI=1S/C27H34N4O2/c1-20-14-17-30(18-15-20)27(32)29-24-12-7-8-13-25(24)33-19-9-16-31-21(2)26(28-22(31)3)23-10-5-4-6-11-23/h4-8,10-13,20H,9,14-19H2,1-3H3,(H,29,32). The Hall–Kier alpha value is -3.28. The fourth-order valence-electron chi connectivity index (χ4n) is 4.38. The predicted molar refractivity (Wildman–Crippen MR) is 133 cm³/mol. The van der Waals surface area contributed by atoms with Gasteiger partial charge in [-0.3, -0.25) is 0 Å². The highest BCUT2D eigenvalue weighted by Crippen LogP contribution is 2.26. The maximum Gasteiger partial charge on any atom is 0.321 e. The lowest BCUT2D eigenvalue weighted by Crippen LogP contribution is -2.40. The molecule has 3 aromatic rings. The quantitative estimate of drug-likeness (QED) is 0.460. The summed E-state index contributed by atoms with van der Waals surface area (Å²) in [5, 5.41) is 3.04. The fraction of sp³-hybridized carbons (Fsp3) is 0.407. The number of carbonyl (C=O) groups excluding carboxylic acids is 1. The minimum atomic E-state index is -0.0453. The average Bonchev–Trinajstić information content (AvgIpc) is 3.12. The Labute approximate surface area is 196 Å². The van der Waals surface area contributed by atoms with Crippen LogP contribution in [0, 0.1) is 19.8 Å². The molecule has 174 valence electrons. The molecule has 1 N–H and O–H groups in total. The van der Waals surface area contributed by atoms with Gasteiger partial charge in [-0.05, 0) is 51.2 Å². The minimum absolute atomic E-state index is 0.0453. The van der Waals surface area contributed by atoms with Gasteiger partial charge >= 0.3 is 6.03 Å². The molecule has 6 nitrogen and oxygen atoms in total. The van der Waals surface area contributed by atoms with Gasteiger partial charge in [-0.2, -0.15) is 0 Å². The molecule has 2 heterocycles. The summed E-state index contributed by atoms with van der Waals surface area (Å²) in [6.07, 6.45) is 2.97. The van der Waals surface area contributed by atoms with Gasteiger partial charge in [-0.1, -0.05) is 49.4 Å². The summed E-state index contributed by atoms with van der Waals surface area (Å²) in [6.45, 7) is 9.43. The summed E-state index contributed by atoms with van der Waals surface area (Å²) in [5.41, 5.74) is 4.07. The molecule has 1 aromatic heterocycles. The number of nitrogens with zero attached hydrogens (tertiary/aromatic N) is 3. The third-order valence-corrected chi connectivity index (χ3v) is 6.44. The van der Waals surface area contributed by atoms with E-state index in [-0.39, 0.29) is 6.03 Å². The number of aryl methyl sites for hydroxylation is 1. The van der Waals surface area contributed by atoms with Gasteiger partial charge in [0.05, 0.1) is 18.0 Å². The number of nitrogens with one attached hydrogen (secondary N) is 1. The fourth-order valence-corrected chi connectivity index (χ4v) is 4.38. The second-order valence-electron chi connectivity index (χ2n) is 8.91. The van der Waals surface area contributed by atoms with Crippen molar-refractivity contribution < 1.29 is 9.53 Å². The summed E-state index contributed by atoms with van der Waals surface area (Å²) in [7, 11) is 0. The number of para-hydroxylation sites is 2. The third kappa shape index (κ3) is 5.56. The number of piperidine rings is 1. The van der Waals surface area contributed by atoms with Crippen molar-refractivity contribution in [3.05, 3.63) is 66.1 Å². The second-order valence-corrected chi connectivity index (χ2v) is 8.91. The van der Waals surface area contributed by atoms with Gasteiger partial charge in [0.1, 0.15) is 11.6 Å². The molecule has 2 amide bonds. The van der Waals surface area contributed by atoms with E-state index in [0.717, 1.165) is 61.7 Å². The molecule has 2 aromatic carbocycles. The van der Waals surface area contributed by atoms with Crippen LogP contribution in [0.1, 0.15) is 37.7 Å². The molecule has 0 radical (unpaired) electrons. The Bertz CT molecular complexity index is 1070. The van der Waals surface area contributed by atoms with Crippen molar-refractivity contribution >= 4 is 11.7 Å². The lowest BCUT2D eigenvalue weighted by molar-refractivity contribution is 0.186. The van der Waals surface area contributed by atoms with Gasteiger partial charge < -0.3 is 19.5 Å². The summed E-state index contributed by atoms with van der Waals surface area (Å²) in [6, 6.07) is 17.9. The number of hydrogen-bond acceptors (Lipinski definition) is 3. The number of imidazole rings is 1. The first kappa shape index (κ1) is 22.9. The van der Waals surface area contributed by atoms with E-state index in [1.807, 2.05) is 54.3 Å². The maximum atomic E-state index is 12.7. The van der Waals surface area contributed by atoms with Crippen LogP contribution in [0.4, 0.5) is 10.5 Å². The Morgan fingerprint density at radius 2 is 1.76 bits per heavy atom. The Balaban J connectivity index is 1.33. The molecular formula is C27H34N4O2. The third-order valence-electron chi connectivity index (χ3n) is 6.44. The first-order chi connectivity index (χ1) is 16.0. The smallest absolute Gasteiger partial charge is 0.321 e. The zero-order valence-electron chi connectivity index (χ0n) is 19.9. The van der Waals surface area contributed by atoms with Crippen molar-refractivity contribution in [1.82, 2.24) is 14.5 Å². The number of likely N-dealkylation sites (tertiary alicyclic amines) is 1. The number of amides is 2. The molecule has 0 atom stereocenters. The van der Waals surface area contributed by atoms with E-state index in [1.165, 1.54) is 5.69 Å². The molecule has 0 unspecified atom stereocenters. The van der Waals surface area contributed by atoms with Gasteiger partial charge in [0.15, 0.2) is 0 Å². The second kappa shape index (κ2) is 10.6. The summed E-state index contributed by atoms with van der Waals surface area (Å²) in [5.74, 6) is 2.41. The Kier molecular flexibility index (Phi) is 7.33. The maximum absolute atomic E-state index is 12.7. The van der Waals surface area contributed by atoms with Crippen LogP contribution in [0.15, 0.2) is 54.6 Å². The highest BCUT2D eigenvalue weighted by Gasteiger charge is 2.21. The molecule has 33 heavy (non-hydrogen) atoms. The average molecular weight is 447 g/mol. The number of urea groups is 1. The van der Waals surface area contributed by atoms with Gasteiger partial charge in [0.2, 0.25) is 0 Å². The van der Waals surface area contributed by atoms with Crippen LogP contribution in [-0.4, -0.2) is 40.2 Å². The molecule has 0 saturated carbocycles. The van der Waals surface area contributed by atoms with Crippen molar-refractivity contribution in [2.75, 3.05) is 25.0 Å². The van der Waals surface area contributed by atoms with E-state index >= 15 is 0 Å². The molecule has 0 spiro atoms. The van der Waals surface area contributed by atoms with Crippen LogP contribution < -0.4 is 10.1 Å². The molecule has 4 rings (SSSR count). The summed E-state index contributed by atoms with van der Waals surface area (Å²) < 4.78 is 8.32. The number of carbonyl (C=O) groups is 1. The molecule has 0 bridgehead atoms. The van der Waals surface area contributed by atoms with Crippen molar-refractivity contribution in [1.29, 1.82) is 0 Å². The monoisotopic (exact) mass is 446 g/mol. The Morgan fingerprint density at radius 1 is 1.06 bits per heavy atom. The molecule has 0 aliphatic carbocycles. The van der Waals surface area contributed by atoms with Gasteiger partial charge in [-0.25, -0.2) is 9.78 Å². The molecule has 1 fully saturated rings. The zero-order chi connectivity index (χ0) is 23.2. The van der Waals surface area contributed by atoms with E-state index < -0.39 is 0 Å². The topological polar surface area (TPSA) is 59.4 Å². The summed E-state index contributed by atoms with van der Waals surface area (Å²) >= 11 is 0. The highest BCUT2D eigenvalue weighted by molar-refractivity contribution is 5.91. The van der Waals surface area contributed by atoms with Crippen molar-refractivity contribution in [2.45, 2.75) is 46.6 Å². The number of anilines is 1. The number of aromatic nitrogens is 2. The van der Waals surface area contributed by atoms with Gasteiger partial charge in [0.25, 0.3) is 0 Å². The molecule has 1 saturated heterocycles. The lowest BCUT2D eigenvalue weighted by atomic mass is 10.00. The molecular weight excluding hydrogens is 412 g/mol. The van der Waals surface area contributed by atoms with E-state index in [0.29, 0.717) is 18.3 Å². The van der Waals surface area contributed by atoms with Crippen LogP contribution in [0.25, 0.3) is 11.3 Å². The minimum Gasteiger partial charge on any atom is -0.491 e. The van der Waals surface area contributed by atoms with Crippen LogP contribution in [0.3, 0.4) is 0 Å². The molecule has 6 heteroatoms. The van der Waals surface area contributed by atoms with Crippen LogP contribution in [0.5, 0.6) is 5.75 Å². The van der Waals surface area contributed by atoms with Crippen LogP contribution in [-0.2, 0) is 6.54 Å². The largest absolute Gasteiger partial charge is 0.491 e. The molecule has 1 aliphatic rings.